The van der Waals surface area contributed by atoms with E-state index in [1.807, 2.05) is 17.8 Å². The van der Waals surface area contributed by atoms with Crippen LogP contribution in [-0.4, -0.2) is 76.3 Å². The first-order chi connectivity index (χ1) is 18.9. The Balaban J connectivity index is 1.34. The van der Waals surface area contributed by atoms with Crippen LogP contribution >= 0.6 is 11.8 Å². The normalized spacial score (nSPS) is 17.7. The van der Waals surface area contributed by atoms with Crippen LogP contribution in [0, 0.1) is 11.3 Å². The average molecular weight is 549 g/mol. The van der Waals surface area contributed by atoms with Crippen LogP contribution in [0.2, 0.25) is 0 Å². The maximum atomic E-state index is 13.4. The fourth-order valence-electron chi connectivity index (χ4n) is 4.94. The molecule has 2 fully saturated rings. The minimum Gasteiger partial charge on any atom is -0.378 e. The highest BCUT2D eigenvalue weighted by Crippen LogP contribution is 2.42. The molecule has 5 rings (SSSR count). The van der Waals surface area contributed by atoms with E-state index in [0.717, 1.165) is 42.8 Å². The van der Waals surface area contributed by atoms with Crippen LogP contribution in [0.3, 0.4) is 0 Å². The number of nitrogens with one attached hydrogen (secondary N) is 3. The van der Waals surface area contributed by atoms with E-state index in [4.69, 9.17) is 0 Å². The maximum absolute atomic E-state index is 13.4. The van der Waals surface area contributed by atoms with E-state index < -0.39 is 6.03 Å². The van der Waals surface area contributed by atoms with Crippen molar-refractivity contribution >= 4 is 47.3 Å². The number of pyridine rings is 2. The molecule has 204 valence electrons. The van der Waals surface area contributed by atoms with Gasteiger partial charge >= 0.3 is 6.03 Å². The lowest BCUT2D eigenvalue weighted by molar-refractivity contribution is -0.132. The quantitative estimate of drug-likeness (QED) is 0.403. The number of carbonyl (C=O) groups excluding carboxylic acids is 3. The van der Waals surface area contributed by atoms with Gasteiger partial charge in [0.15, 0.2) is 6.29 Å². The van der Waals surface area contributed by atoms with Crippen LogP contribution in [0.1, 0.15) is 53.4 Å². The Kier molecular flexibility index (Phi) is 7.99. The summed E-state index contributed by atoms with van der Waals surface area (Å²) in [5, 5.41) is 19.0. The number of aryl methyl sites for hydroxylation is 1. The fourth-order valence-corrected chi connectivity index (χ4v) is 5.89. The summed E-state index contributed by atoms with van der Waals surface area (Å²) in [6.07, 6.45) is 5.67. The molecule has 2 aromatic heterocycles. The predicted octanol–water partition coefficient (Wildman–Crippen LogP) is 2.77. The number of urea groups is 1. The molecule has 0 aromatic carbocycles. The van der Waals surface area contributed by atoms with E-state index >= 15 is 0 Å². The highest BCUT2D eigenvalue weighted by molar-refractivity contribution is 7.99. The summed E-state index contributed by atoms with van der Waals surface area (Å²) >= 11 is 1.86. The number of aromatic nitrogens is 2. The molecular formula is C27H32N8O3S. The van der Waals surface area contributed by atoms with Crippen molar-refractivity contribution in [3.63, 3.8) is 0 Å². The molecular weight excluding hydrogens is 516 g/mol. The Hall–Kier alpha value is -3.69. The van der Waals surface area contributed by atoms with Gasteiger partial charge in [-0.25, -0.2) is 14.8 Å². The zero-order chi connectivity index (χ0) is 27.4. The van der Waals surface area contributed by atoms with Crippen molar-refractivity contribution in [1.29, 1.82) is 5.26 Å². The second-order valence-corrected chi connectivity index (χ2v) is 11.4. The number of aldehydes is 1. The monoisotopic (exact) mass is 548 g/mol. The van der Waals surface area contributed by atoms with Gasteiger partial charge in [0.1, 0.15) is 23.4 Å². The molecule has 39 heavy (non-hydrogen) atoms. The van der Waals surface area contributed by atoms with Crippen molar-refractivity contribution in [1.82, 2.24) is 20.2 Å². The summed E-state index contributed by atoms with van der Waals surface area (Å²) in [4.78, 5) is 49.7. The summed E-state index contributed by atoms with van der Waals surface area (Å²) in [6, 6.07) is 5.38. The van der Waals surface area contributed by atoms with Crippen LogP contribution in [0.15, 0.2) is 18.3 Å². The number of anilines is 3. The highest BCUT2D eigenvalue weighted by Gasteiger charge is 2.42. The Morgan fingerprint density at radius 3 is 2.90 bits per heavy atom. The number of fused-ring (bicyclic) bond motifs is 1. The first-order valence-electron chi connectivity index (χ1n) is 13.3. The molecule has 0 spiro atoms. The van der Waals surface area contributed by atoms with Crippen LogP contribution in [0.4, 0.5) is 22.1 Å². The van der Waals surface area contributed by atoms with E-state index in [1.165, 1.54) is 11.1 Å². The standard InChI is InChI=1S/C27H32N8O3S/c1-2-39-17-27(5-6-27)33-21-11-23(30-13-20(21)12-28)32-26(38)35-8-3-4-18-10-19(22(16-36)31-25(18)35)15-34-9-7-29-14-24(34)37/h10-11,13,16,29H,2-9,14-15,17H2,1H3,(H2,30,32,33,38). The lowest BCUT2D eigenvalue weighted by Crippen LogP contribution is -2.47. The first kappa shape index (κ1) is 26.9. The molecule has 3 amide bonds. The second-order valence-electron chi connectivity index (χ2n) is 10.1. The number of piperazine rings is 1. The Labute approximate surface area is 231 Å². The largest absolute Gasteiger partial charge is 0.378 e. The minimum atomic E-state index is -0.406. The molecule has 3 N–H and O–H groups in total. The summed E-state index contributed by atoms with van der Waals surface area (Å²) in [5.74, 6) is 2.74. The molecule has 11 nitrogen and oxygen atoms in total. The van der Waals surface area contributed by atoms with E-state index in [2.05, 4.69) is 38.9 Å². The predicted molar refractivity (Wildman–Crippen MR) is 150 cm³/mol. The number of hydrogen-bond donors (Lipinski definition) is 3. The molecule has 0 radical (unpaired) electrons. The van der Waals surface area contributed by atoms with Gasteiger partial charge in [-0.05, 0) is 43.1 Å². The van der Waals surface area contributed by atoms with Crippen molar-refractivity contribution in [2.24, 2.45) is 0 Å². The minimum absolute atomic E-state index is 0.0164. The zero-order valence-electron chi connectivity index (χ0n) is 22.0. The van der Waals surface area contributed by atoms with Gasteiger partial charge in [-0.3, -0.25) is 19.8 Å². The van der Waals surface area contributed by atoms with Crippen molar-refractivity contribution < 1.29 is 14.4 Å². The topological polar surface area (TPSA) is 143 Å². The Bertz CT molecular complexity index is 1320. The number of thioether (sulfide) groups is 1. The van der Waals surface area contributed by atoms with Gasteiger partial charge in [0, 0.05) is 55.3 Å². The maximum Gasteiger partial charge on any atom is 0.328 e. The van der Waals surface area contributed by atoms with Crippen molar-refractivity contribution in [3.8, 4) is 6.07 Å². The second kappa shape index (κ2) is 11.6. The van der Waals surface area contributed by atoms with Gasteiger partial charge in [0.2, 0.25) is 5.91 Å². The Morgan fingerprint density at radius 1 is 1.33 bits per heavy atom. The third-order valence-electron chi connectivity index (χ3n) is 7.28. The molecule has 0 unspecified atom stereocenters. The van der Waals surface area contributed by atoms with Gasteiger partial charge < -0.3 is 15.5 Å². The molecule has 1 saturated carbocycles. The zero-order valence-corrected chi connectivity index (χ0v) is 22.8. The summed E-state index contributed by atoms with van der Waals surface area (Å²) < 4.78 is 0. The molecule has 12 heteroatoms. The molecule has 1 aliphatic carbocycles. The van der Waals surface area contributed by atoms with Gasteiger partial charge in [-0.1, -0.05) is 6.92 Å². The van der Waals surface area contributed by atoms with Crippen molar-refractivity contribution in [2.45, 2.75) is 44.7 Å². The molecule has 1 saturated heterocycles. The molecule has 4 heterocycles. The number of amides is 3. The lowest BCUT2D eigenvalue weighted by Gasteiger charge is -2.31. The van der Waals surface area contributed by atoms with Gasteiger partial charge in [0.25, 0.3) is 0 Å². The molecule has 3 aliphatic rings. The lowest BCUT2D eigenvalue weighted by atomic mass is 10.0. The van der Waals surface area contributed by atoms with E-state index in [-0.39, 0.29) is 23.7 Å². The van der Waals surface area contributed by atoms with Crippen molar-refractivity contribution in [2.75, 3.05) is 53.2 Å². The van der Waals surface area contributed by atoms with Crippen LogP contribution in [-0.2, 0) is 17.8 Å². The molecule has 0 bridgehead atoms. The van der Waals surface area contributed by atoms with Crippen LogP contribution in [0.5, 0.6) is 0 Å². The number of nitriles is 1. The van der Waals surface area contributed by atoms with E-state index in [9.17, 15) is 19.6 Å². The first-order valence-corrected chi connectivity index (χ1v) is 14.4. The summed E-state index contributed by atoms with van der Waals surface area (Å²) in [7, 11) is 0. The Morgan fingerprint density at radius 2 is 2.18 bits per heavy atom. The van der Waals surface area contributed by atoms with Crippen LogP contribution < -0.4 is 20.9 Å². The molecule has 2 aliphatic heterocycles. The smallest absolute Gasteiger partial charge is 0.328 e. The number of nitrogens with zero attached hydrogens (tertiary/aromatic N) is 5. The summed E-state index contributed by atoms with van der Waals surface area (Å²) in [6.45, 7) is 4.43. The van der Waals surface area contributed by atoms with E-state index in [1.54, 1.807) is 11.0 Å². The SMILES string of the molecule is CCSCC1(Nc2cc(NC(=O)N3CCCc4cc(CN5CCNCC5=O)c(C=O)nc43)ncc2C#N)CC1. The van der Waals surface area contributed by atoms with Gasteiger partial charge in [0.05, 0.1) is 17.8 Å². The van der Waals surface area contributed by atoms with Gasteiger partial charge in [-0.15, -0.1) is 0 Å². The number of rotatable bonds is 9. The average Bonchev–Trinajstić information content (AvgIpc) is 3.71. The fraction of sp³-hybridized carbons (Fsp3) is 0.481. The number of hydrogen-bond acceptors (Lipinski definition) is 9. The highest BCUT2D eigenvalue weighted by atomic mass is 32.2. The van der Waals surface area contributed by atoms with Crippen molar-refractivity contribution in [3.05, 3.63) is 40.7 Å². The number of carbonyl (C=O) groups is 3. The summed E-state index contributed by atoms with van der Waals surface area (Å²) in [5.41, 5.74) is 2.83. The van der Waals surface area contributed by atoms with E-state index in [0.29, 0.717) is 60.9 Å². The third-order valence-corrected chi connectivity index (χ3v) is 8.44. The van der Waals surface area contributed by atoms with Gasteiger partial charge in [-0.2, -0.15) is 17.0 Å². The third kappa shape index (κ3) is 5.99. The van der Waals surface area contributed by atoms with Crippen LogP contribution in [0.25, 0.3) is 0 Å². The molecule has 0 atom stereocenters. The molecule has 2 aromatic rings.